The van der Waals surface area contributed by atoms with Gasteiger partial charge in [0.2, 0.25) is 0 Å². The molecule has 0 radical (unpaired) electrons. The Morgan fingerprint density at radius 1 is 0.521 bits per heavy atom. The zero-order valence-electron chi connectivity index (χ0n) is 53.2. The molecule has 14 unspecified atom stereocenters. The summed E-state index contributed by atoms with van der Waals surface area (Å²) >= 11 is 0. The number of aliphatic hydroxyl groups is 23. The fourth-order valence-corrected chi connectivity index (χ4v) is 11.8. The third kappa shape index (κ3) is 18.8. The summed E-state index contributed by atoms with van der Waals surface area (Å²) in [6.45, 7) is -0.0704. The van der Waals surface area contributed by atoms with Gasteiger partial charge in [0.1, 0.15) is 140 Å². The van der Waals surface area contributed by atoms with Crippen LogP contribution in [-0.4, -0.2) is 408 Å². The average Bonchev–Trinajstić information content (AvgIpc) is 0.775. The number of aliphatic carboxylic acids is 1. The van der Waals surface area contributed by atoms with Gasteiger partial charge < -0.3 is 195 Å². The van der Waals surface area contributed by atoms with Crippen LogP contribution in [0, 0.1) is 17.8 Å². The lowest BCUT2D eigenvalue weighted by atomic mass is 9.88. The third-order valence-electron chi connectivity index (χ3n) is 18.3. The minimum Gasteiger partial charge on any atom is -0.477 e. The highest BCUT2D eigenvalue weighted by Gasteiger charge is 2.61. The van der Waals surface area contributed by atoms with Crippen molar-refractivity contribution in [1.82, 2.24) is 0 Å². The molecule has 40 heteroatoms. The molecule has 564 valence electrons. The van der Waals surface area contributed by atoms with Gasteiger partial charge in [0.05, 0.1) is 96.0 Å². The number of aliphatic hydroxyl groups excluding tert-OH is 23. The molecule has 96 heavy (non-hydrogen) atoms. The van der Waals surface area contributed by atoms with Gasteiger partial charge >= 0.3 is 5.97 Å². The smallest absolute Gasteiger partial charge is 0.364 e. The number of carbonyl (C=O) groups is 1. The summed E-state index contributed by atoms with van der Waals surface area (Å²) in [6.07, 6.45) is -65.7. The zero-order chi connectivity index (χ0) is 71.7. The van der Waals surface area contributed by atoms with Crippen molar-refractivity contribution in [2.45, 2.75) is 268 Å². The first kappa shape index (κ1) is 82.9. The molecule has 6 fully saturated rings. The van der Waals surface area contributed by atoms with Crippen LogP contribution in [0.3, 0.4) is 0 Å². The molecule has 6 rings (SSSR count). The van der Waals surface area contributed by atoms with Gasteiger partial charge in [-0.05, 0) is 19.3 Å². The van der Waals surface area contributed by atoms with Crippen molar-refractivity contribution in [2.24, 2.45) is 23.5 Å². The monoisotopic (exact) mass is 1410 g/mol. The van der Waals surface area contributed by atoms with Gasteiger partial charge in [0.25, 0.3) is 5.79 Å². The van der Waals surface area contributed by atoms with Crippen LogP contribution in [0.15, 0.2) is 0 Å². The second kappa shape index (κ2) is 36.9. The number of ether oxygens (including phenoxy) is 14. The van der Waals surface area contributed by atoms with E-state index in [2.05, 4.69) is 0 Å². The van der Waals surface area contributed by atoms with E-state index in [0.717, 1.165) is 0 Å². The molecule has 0 aromatic carbocycles. The molecule has 6 aliphatic heterocycles. The SMILES string of the molecule is CC1C(O)[C@H](OC2OC(CO)[C@H](O)[C@H](O[C@]3(C(=O)O)C[C@@H](O)[C@@H](N)C([C@H](O)[C@H](O)CO)O3)C2O)[C@H](CO)O[C@H]1O[C@@H]1C(O)[C@H](O)C(CO)O[C@@H]1OCC[C@@H](O)C(O[C@H]1O[C@H](CO)[C@@H](O)C(O)C1O)[C@@H](O)[C@@H](O)O[C@@H]1C(CO)O[C@@H](O[C@@H](CO)C(CO)O[C@@H](C)C(C)C)[C@@H](C)C1O. The molecule has 6 heterocycles. The Bertz CT molecular complexity index is 2270. The van der Waals surface area contributed by atoms with Gasteiger partial charge in [-0.2, -0.15) is 0 Å². The van der Waals surface area contributed by atoms with Crippen LogP contribution in [-0.2, 0) is 71.1 Å². The first-order valence-corrected chi connectivity index (χ1v) is 31.5. The molecule has 40 nitrogen and oxygen atoms in total. The van der Waals surface area contributed by atoms with Crippen LogP contribution >= 0.6 is 0 Å². The Labute approximate surface area is 549 Å². The second-order valence-corrected chi connectivity index (χ2v) is 25.2. The van der Waals surface area contributed by atoms with E-state index in [1.54, 1.807) is 6.92 Å². The van der Waals surface area contributed by atoms with Crippen molar-refractivity contribution < 1.29 is 194 Å². The van der Waals surface area contributed by atoms with Crippen LogP contribution in [0.1, 0.15) is 47.5 Å². The Balaban J connectivity index is 1.18. The molecule has 38 atom stereocenters. The number of rotatable bonds is 34. The number of hydrogen-bond donors (Lipinski definition) is 25. The van der Waals surface area contributed by atoms with Crippen molar-refractivity contribution in [2.75, 3.05) is 59.5 Å². The van der Waals surface area contributed by atoms with E-state index < -0.39 is 311 Å². The third-order valence-corrected chi connectivity index (χ3v) is 18.3. The molecule has 0 saturated carbocycles. The summed E-state index contributed by atoms with van der Waals surface area (Å²) in [6, 6.07) is -1.60. The van der Waals surface area contributed by atoms with Crippen molar-refractivity contribution in [3.05, 3.63) is 0 Å². The molecule has 0 aromatic rings. The van der Waals surface area contributed by atoms with Gasteiger partial charge in [0.15, 0.2) is 37.7 Å². The molecule has 0 aliphatic carbocycles. The molecule has 0 amide bonds. The standard InChI is InChI=1S/C56H101NO39/c1-17(2)20(5)84-24(10-59)25(11-60)85-50-18(3)32(69)44(29(15-64)89-50)91-49(80)41(78)43(92-52-40(77)38(75)35(72)26(12-61)86-52)21(66)6-7-83-54-48(39(76)36(73)27(13-62)88-54)94-51-19(4)33(70)45(30(16-65)90-51)93-53-42(79)47(37(74)28(14-63)87-53)96-56(55(81)82)8-22(67)31(57)46(95-56)34(71)23(68)9-58/h17-54,58-80H,6-16,57H2,1-5H3,(H,81,82)/t18-,19?,20-,21+,22+,23+,24?,25-,26+,27?,28?,29?,30-,31+,32?,33?,34+,35+,36+,37-,38?,39?,40?,41+,42?,43?,44+,45+,46?,47-,48+,49-,50+,51-,52+,53?,54-,56-/m0/s1. The minimum absolute atomic E-state index is 0.0147. The van der Waals surface area contributed by atoms with Gasteiger partial charge in [0, 0.05) is 18.3 Å². The summed E-state index contributed by atoms with van der Waals surface area (Å²) < 4.78 is 81.0. The number of carboxylic acids is 1. The predicted octanol–water partition coefficient (Wildman–Crippen LogP) is -13.8. The highest BCUT2D eigenvalue weighted by atomic mass is 16.8. The number of nitrogens with two attached hydrogens (primary N) is 1. The molecule has 6 aliphatic rings. The Morgan fingerprint density at radius 3 is 1.59 bits per heavy atom. The van der Waals surface area contributed by atoms with E-state index in [1.807, 2.05) is 13.8 Å². The number of carboxylic acid groups (broad SMARTS) is 1. The molecule has 26 N–H and O–H groups in total. The van der Waals surface area contributed by atoms with Gasteiger partial charge in [-0.15, -0.1) is 0 Å². The molecule has 0 aromatic heterocycles. The highest BCUT2D eigenvalue weighted by Crippen LogP contribution is 2.40. The van der Waals surface area contributed by atoms with Crippen LogP contribution in [0.5, 0.6) is 0 Å². The normalized spacial score (nSPS) is 44.0. The Morgan fingerprint density at radius 2 is 1.03 bits per heavy atom. The Hall–Kier alpha value is -2.05. The fraction of sp³-hybridized carbons (Fsp3) is 0.982. The van der Waals surface area contributed by atoms with E-state index >= 15 is 0 Å². The highest BCUT2D eigenvalue weighted by molar-refractivity contribution is 5.76. The van der Waals surface area contributed by atoms with E-state index in [1.165, 1.54) is 13.8 Å². The van der Waals surface area contributed by atoms with Gasteiger partial charge in [-0.1, -0.05) is 27.7 Å². The summed E-state index contributed by atoms with van der Waals surface area (Å²) in [4.78, 5) is 12.9. The molecule has 6 saturated heterocycles. The first-order chi connectivity index (χ1) is 45.2. The average molecular weight is 1410 g/mol. The fourth-order valence-electron chi connectivity index (χ4n) is 11.8. The van der Waals surface area contributed by atoms with Crippen molar-refractivity contribution in [1.29, 1.82) is 0 Å². The van der Waals surface area contributed by atoms with Crippen molar-refractivity contribution >= 4 is 5.97 Å². The van der Waals surface area contributed by atoms with Crippen molar-refractivity contribution in [3.8, 4) is 0 Å². The van der Waals surface area contributed by atoms with Gasteiger partial charge in [-0.3, -0.25) is 0 Å². The first-order valence-electron chi connectivity index (χ1n) is 31.5. The lowest BCUT2D eigenvalue weighted by Gasteiger charge is -2.50. The maximum absolute atomic E-state index is 12.9. The van der Waals surface area contributed by atoms with E-state index in [0.29, 0.717) is 0 Å². The van der Waals surface area contributed by atoms with Crippen LogP contribution in [0.2, 0.25) is 0 Å². The lowest BCUT2D eigenvalue weighted by molar-refractivity contribution is -0.391. The quantitative estimate of drug-likeness (QED) is 0.0266. The maximum atomic E-state index is 12.9. The van der Waals surface area contributed by atoms with Crippen LogP contribution < -0.4 is 5.73 Å². The maximum Gasteiger partial charge on any atom is 0.364 e. The summed E-state index contributed by atoms with van der Waals surface area (Å²) in [5, 5.41) is 259. The largest absolute Gasteiger partial charge is 0.477 e. The summed E-state index contributed by atoms with van der Waals surface area (Å²) in [7, 11) is 0. The minimum atomic E-state index is -3.10. The molecular weight excluding hydrogens is 1310 g/mol. The summed E-state index contributed by atoms with van der Waals surface area (Å²) in [5.41, 5.74) is 5.96. The summed E-state index contributed by atoms with van der Waals surface area (Å²) in [5.74, 6) is -7.63. The van der Waals surface area contributed by atoms with Crippen molar-refractivity contribution in [3.63, 3.8) is 0 Å². The van der Waals surface area contributed by atoms with Crippen LogP contribution in [0.25, 0.3) is 0 Å². The second-order valence-electron chi connectivity index (χ2n) is 25.2. The molecular formula is C56H101NO39. The van der Waals surface area contributed by atoms with E-state index in [4.69, 9.17) is 72.0 Å². The molecule has 0 bridgehead atoms. The predicted molar refractivity (Wildman–Crippen MR) is 305 cm³/mol. The topological polar surface area (TPSA) is 658 Å². The molecule has 0 spiro atoms. The van der Waals surface area contributed by atoms with E-state index in [-0.39, 0.29) is 5.92 Å². The van der Waals surface area contributed by atoms with Crippen LogP contribution in [0.4, 0.5) is 0 Å². The van der Waals surface area contributed by atoms with E-state index in [9.17, 15) is 127 Å². The Kier molecular flexibility index (Phi) is 31.9. The lowest BCUT2D eigenvalue weighted by Crippen LogP contribution is -2.70. The number of hydrogen-bond acceptors (Lipinski definition) is 39. The van der Waals surface area contributed by atoms with Gasteiger partial charge in [-0.25, -0.2) is 4.79 Å². The zero-order valence-corrected chi connectivity index (χ0v) is 53.2.